The van der Waals surface area contributed by atoms with Crippen molar-refractivity contribution in [3.63, 3.8) is 0 Å². The van der Waals surface area contributed by atoms with E-state index >= 15 is 0 Å². The Bertz CT molecular complexity index is 1130. The number of nitrogens with zero attached hydrogens (tertiary/aromatic N) is 2. The number of hydrogen-bond donors (Lipinski definition) is 1. The summed E-state index contributed by atoms with van der Waals surface area (Å²) >= 11 is 0. The van der Waals surface area contributed by atoms with Gasteiger partial charge in [-0.05, 0) is 74.0 Å². The highest BCUT2D eigenvalue weighted by molar-refractivity contribution is 5.94. The zero-order chi connectivity index (χ0) is 26.9. The largest absolute Gasteiger partial charge is 0.489 e. The van der Waals surface area contributed by atoms with Crippen LogP contribution in [0.3, 0.4) is 0 Å². The van der Waals surface area contributed by atoms with E-state index in [0.29, 0.717) is 18.0 Å². The van der Waals surface area contributed by atoms with E-state index in [2.05, 4.69) is 82.7 Å². The van der Waals surface area contributed by atoms with Crippen molar-refractivity contribution in [3.8, 4) is 5.75 Å². The van der Waals surface area contributed by atoms with Crippen molar-refractivity contribution in [2.24, 2.45) is 5.92 Å². The summed E-state index contributed by atoms with van der Waals surface area (Å²) in [6, 6.07) is 29.3. The van der Waals surface area contributed by atoms with Crippen LogP contribution in [0.5, 0.6) is 5.75 Å². The van der Waals surface area contributed by atoms with E-state index in [4.69, 9.17) is 4.74 Å². The molecule has 3 aromatic carbocycles. The molecule has 1 amide bonds. The van der Waals surface area contributed by atoms with Gasteiger partial charge in [-0.2, -0.15) is 0 Å². The van der Waals surface area contributed by atoms with Gasteiger partial charge in [-0.1, -0.05) is 73.7 Å². The number of amides is 1. The Hall–Kier alpha value is -3.15. The molecule has 3 aromatic rings. The molecule has 1 N–H and O–H groups in total. The molecule has 2 aliphatic heterocycles. The van der Waals surface area contributed by atoms with Crippen LogP contribution in [0, 0.1) is 5.92 Å². The van der Waals surface area contributed by atoms with Crippen molar-refractivity contribution < 1.29 is 9.53 Å². The van der Waals surface area contributed by atoms with Crippen molar-refractivity contribution in [1.29, 1.82) is 0 Å². The van der Waals surface area contributed by atoms with E-state index in [-0.39, 0.29) is 12.0 Å². The fraction of sp³-hybridized carbons (Fsp3) is 0.441. The molecule has 5 nitrogen and oxygen atoms in total. The Balaban J connectivity index is 1.16. The molecule has 39 heavy (non-hydrogen) atoms. The Morgan fingerprint density at radius 2 is 1.56 bits per heavy atom. The summed E-state index contributed by atoms with van der Waals surface area (Å²) < 4.78 is 6.45. The second-order valence-corrected chi connectivity index (χ2v) is 11.3. The molecule has 5 rings (SSSR count). The van der Waals surface area contributed by atoms with Gasteiger partial charge in [0.05, 0.1) is 0 Å². The summed E-state index contributed by atoms with van der Waals surface area (Å²) in [5, 5.41) is 3.11. The molecule has 0 radical (unpaired) electrons. The maximum absolute atomic E-state index is 12.8. The van der Waals surface area contributed by atoms with Crippen molar-refractivity contribution in [3.05, 3.63) is 102 Å². The number of carbonyl (C=O) groups is 1. The molecule has 2 atom stereocenters. The average Bonchev–Trinajstić information content (AvgIpc) is 2.97. The molecule has 2 fully saturated rings. The summed E-state index contributed by atoms with van der Waals surface area (Å²) in [7, 11) is 0. The first-order chi connectivity index (χ1) is 19.1. The highest BCUT2D eigenvalue weighted by Crippen LogP contribution is 2.28. The standard InChI is InChI=1S/C34H43N3O2/c1-27-11-9-20-36(24-27)22-19-35-34(38)30-16-8-17-31(23-30)39-32-18-10-21-37(25-32)26-33(28-12-4-2-5-13-28)29-14-6-3-7-15-29/h2-8,12-17,23,27,32-33H,9-11,18-22,24-26H2,1H3,(H,35,38). The van der Waals surface area contributed by atoms with E-state index < -0.39 is 0 Å². The second kappa shape index (κ2) is 13.8. The monoisotopic (exact) mass is 525 g/mol. The lowest BCUT2D eigenvalue weighted by Gasteiger charge is -2.35. The van der Waals surface area contributed by atoms with Crippen LogP contribution < -0.4 is 10.1 Å². The Morgan fingerprint density at radius 1 is 0.872 bits per heavy atom. The van der Waals surface area contributed by atoms with Crippen molar-refractivity contribution in [2.45, 2.75) is 44.6 Å². The number of piperidine rings is 2. The smallest absolute Gasteiger partial charge is 0.251 e. The Morgan fingerprint density at radius 3 is 2.28 bits per heavy atom. The third-order valence-electron chi connectivity index (χ3n) is 8.16. The number of likely N-dealkylation sites (tertiary alicyclic amines) is 2. The molecular formula is C34H43N3O2. The maximum Gasteiger partial charge on any atom is 0.251 e. The molecule has 0 aromatic heterocycles. The van der Waals surface area contributed by atoms with Gasteiger partial charge < -0.3 is 15.0 Å². The van der Waals surface area contributed by atoms with Gasteiger partial charge in [0.25, 0.3) is 5.91 Å². The maximum atomic E-state index is 12.8. The molecule has 2 unspecified atom stereocenters. The van der Waals surface area contributed by atoms with E-state index in [1.54, 1.807) is 0 Å². The molecular weight excluding hydrogens is 482 g/mol. The number of nitrogens with one attached hydrogen (secondary N) is 1. The number of benzene rings is 3. The predicted molar refractivity (Wildman–Crippen MR) is 158 cm³/mol. The fourth-order valence-corrected chi connectivity index (χ4v) is 6.13. The van der Waals surface area contributed by atoms with Crippen LogP contribution in [0.25, 0.3) is 0 Å². The van der Waals surface area contributed by atoms with Crippen LogP contribution in [0.1, 0.15) is 60.0 Å². The molecule has 0 aliphatic carbocycles. The van der Waals surface area contributed by atoms with Gasteiger partial charge in [-0.3, -0.25) is 9.69 Å². The summed E-state index contributed by atoms with van der Waals surface area (Å²) in [4.78, 5) is 17.8. The highest BCUT2D eigenvalue weighted by Gasteiger charge is 2.25. The van der Waals surface area contributed by atoms with Gasteiger partial charge in [0.1, 0.15) is 11.9 Å². The molecule has 0 bridgehead atoms. The summed E-state index contributed by atoms with van der Waals surface area (Å²) in [6.45, 7) is 9.11. The lowest BCUT2D eigenvalue weighted by Crippen LogP contribution is -2.43. The lowest BCUT2D eigenvalue weighted by atomic mass is 9.90. The second-order valence-electron chi connectivity index (χ2n) is 11.3. The van der Waals surface area contributed by atoms with Gasteiger partial charge >= 0.3 is 0 Å². The Labute approximate surface area is 234 Å². The molecule has 2 aliphatic rings. The lowest BCUT2D eigenvalue weighted by molar-refractivity contribution is 0.0860. The minimum Gasteiger partial charge on any atom is -0.489 e. The van der Waals surface area contributed by atoms with Crippen LogP contribution in [0.15, 0.2) is 84.9 Å². The Kier molecular flexibility index (Phi) is 9.68. The van der Waals surface area contributed by atoms with Crippen LogP contribution in [-0.4, -0.2) is 67.6 Å². The first-order valence-electron chi connectivity index (χ1n) is 14.7. The van der Waals surface area contributed by atoms with Crippen molar-refractivity contribution in [2.75, 3.05) is 45.8 Å². The third kappa shape index (κ3) is 7.93. The average molecular weight is 526 g/mol. The third-order valence-corrected chi connectivity index (χ3v) is 8.16. The van der Waals surface area contributed by atoms with Gasteiger partial charge in [0, 0.05) is 44.2 Å². The van der Waals surface area contributed by atoms with Crippen LogP contribution >= 0.6 is 0 Å². The molecule has 2 heterocycles. The topological polar surface area (TPSA) is 44.8 Å². The summed E-state index contributed by atoms with van der Waals surface area (Å²) in [6.07, 6.45) is 4.82. The van der Waals surface area contributed by atoms with Gasteiger partial charge in [0.15, 0.2) is 0 Å². The number of carbonyl (C=O) groups excluding carboxylic acids is 1. The molecule has 0 spiro atoms. The predicted octanol–water partition coefficient (Wildman–Crippen LogP) is 5.82. The molecule has 206 valence electrons. The zero-order valence-corrected chi connectivity index (χ0v) is 23.3. The van der Waals surface area contributed by atoms with Crippen molar-refractivity contribution >= 4 is 5.91 Å². The minimum atomic E-state index is -0.0238. The first-order valence-corrected chi connectivity index (χ1v) is 14.7. The van der Waals surface area contributed by atoms with Crippen LogP contribution in [0.2, 0.25) is 0 Å². The highest BCUT2D eigenvalue weighted by atomic mass is 16.5. The zero-order valence-electron chi connectivity index (χ0n) is 23.3. The van der Waals surface area contributed by atoms with Gasteiger partial charge in [-0.25, -0.2) is 0 Å². The number of ether oxygens (including phenoxy) is 1. The molecule has 0 saturated carbocycles. The normalized spacial score (nSPS) is 20.6. The van der Waals surface area contributed by atoms with E-state index in [0.717, 1.165) is 63.8 Å². The molecule has 2 saturated heterocycles. The van der Waals surface area contributed by atoms with E-state index in [1.165, 1.54) is 24.0 Å². The van der Waals surface area contributed by atoms with E-state index in [1.807, 2.05) is 24.3 Å². The summed E-state index contributed by atoms with van der Waals surface area (Å²) in [5.74, 6) is 1.83. The van der Waals surface area contributed by atoms with Crippen LogP contribution in [0.4, 0.5) is 0 Å². The van der Waals surface area contributed by atoms with Crippen molar-refractivity contribution in [1.82, 2.24) is 15.1 Å². The van der Waals surface area contributed by atoms with Crippen LogP contribution in [-0.2, 0) is 0 Å². The number of rotatable bonds is 10. The fourth-order valence-electron chi connectivity index (χ4n) is 6.13. The number of hydrogen-bond acceptors (Lipinski definition) is 4. The molecule has 5 heteroatoms. The van der Waals surface area contributed by atoms with Gasteiger partial charge in [-0.15, -0.1) is 0 Å². The SMILES string of the molecule is CC1CCCN(CCNC(=O)c2cccc(OC3CCCN(CC(c4ccccc4)c4ccccc4)C3)c2)C1. The van der Waals surface area contributed by atoms with E-state index in [9.17, 15) is 4.79 Å². The minimum absolute atomic E-state index is 0.0238. The van der Waals surface area contributed by atoms with Gasteiger partial charge in [0.2, 0.25) is 0 Å². The quantitative estimate of drug-likeness (QED) is 0.362. The first kappa shape index (κ1) is 27.4. The summed E-state index contributed by atoms with van der Waals surface area (Å²) in [5.41, 5.74) is 3.36.